The van der Waals surface area contributed by atoms with Crippen LogP contribution in [0.25, 0.3) is 0 Å². The van der Waals surface area contributed by atoms with Crippen LogP contribution in [0.3, 0.4) is 0 Å². The number of primary amides is 1. The van der Waals surface area contributed by atoms with Gasteiger partial charge in [-0.3, -0.25) is 14.3 Å². The number of hydrogen-bond acceptors (Lipinski definition) is 5. The van der Waals surface area contributed by atoms with Crippen molar-refractivity contribution in [2.24, 2.45) is 11.5 Å². The lowest BCUT2D eigenvalue weighted by molar-refractivity contribution is -0.125. The number of amides is 2. The van der Waals surface area contributed by atoms with E-state index in [0.717, 1.165) is 0 Å². The minimum atomic E-state index is -3.71. The fourth-order valence-corrected chi connectivity index (χ4v) is 1.31. The van der Waals surface area contributed by atoms with Crippen molar-refractivity contribution < 1.29 is 18.0 Å². The van der Waals surface area contributed by atoms with E-state index >= 15 is 0 Å². The van der Waals surface area contributed by atoms with Gasteiger partial charge in [0.25, 0.3) is 5.91 Å². The summed E-state index contributed by atoms with van der Waals surface area (Å²) < 4.78 is 24.2. The fourth-order valence-electron chi connectivity index (χ4n) is 0.643. The lowest BCUT2D eigenvalue weighted by Crippen LogP contribution is -2.47. The molecule has 15 heavy (non-hydrogen) atoms. The molecule has 8 heteroatoms. The highest BCUT2D eigenvalue weighted by atomic mass is 32.2. The minimum Gasteiger partial charge on any atom is -0.370 e. The Kier molecular flexibility index (Phi) is 4.69. The molecule has 0 rings (SSSR count). The van der Waals surface area contributed by atoms with Crippen LogP contribution < -0.4 is 16.2 Å². The largest absolute Gasteiger partial charge is 0.370 e. The molecule has 0 saturated carbocycles. The van der Waals surface area contributed by atoms with Gasteiger partial charge in [-0.2, -0.15) is 0 Å². The second-order valence-electron chi connectivity index (χ2n) is 3.34. The molecule has 0 fully saturated rings. The number of carbonyl (C=O) groups excluding carboxylic acids is 2. The molecule has 0 aromatic rings. The maximum absolute atomic E-state index is 11.2. The summed E-state index contributed by atoms with van der Waals surface area (Å²) >= 11 is 0. The highest BCUT2D eigenvalue weighted by molar-refractivity contribution is 7.90. The van der Waals surface area contributed by atoms with Crippen molar-refractivity contribution in [3.63, 3.8) is 0 Å². The van der Waals surface area contributed by atoms with Crippen molar-refractivity contribution in [3.8, 4) is 0 Å². The first-order chi connectivity index (χ1) is 6.66. The van der Waals surface area contributed by atoms with E-state index < -0.39 is 33.1 Å². The van der Waals surface area contributed by atoms with Crippen LogP contribution in [0, 0.1) is 0 Å². The Bertz CT molecular complexity index is 349. The fraction of sp³-hybridized carbons (Fsp3) is 0.714. The summed E-state index contributed by atoms with van der Waals surface area (Å²) in [4.78, 5) is 21.6. The zero-order valence-corrected chi connectivity index (χ0v) is 9.37. The van der Waals surface area contributed by atoms with E-state index in [2.05, 4.69) is 0 Å². The van der Waals surface area contributed by atoms with Crippen LogP contribution in [0.1, 0.15) is 20.3 Å². The average molecular weight is 237 g/mol. The normalized spacial score (nSPS) is 13.6. The first-order valence-corrected chi connectivity index (χ1v) is 5.80. The van der Waals surface area contributed by atoms with Gasteiger partial charge in [0, 0.05) is 0 Å². The van der Waals surface area contributed by atoms with Crippen molar-refractivity contribution in [3.05, 3.63) is 0 Å². The highest BCUT2D eigenvalue weighted by Crippen LogP contribution is 1.97. The Morgan fingerprint density at radius 2 is 1.80 bits per heavy atom. The van der Waals surface area contributed by atoms with E-state index in [4.69, 9.17) is 11.5 Å². The smallest absolute Gasteiger partial charge is 0.250 e. The van der Waals surface area contributed by atoms with Crippen LogP contribution in [0.2, 0.25) is 0 Å². The Morgan fingerprint density at radius 3 is 2.13 bits per heavy atom. The predicted molar refractivity (Wildman–Crippen MR) is 54.0 cm³/mol. The Morgan fingerprint density at radius 1 is 1.33 bits per heavy atom. The molecule has 2 amide bonds. The molecule has 0 aliphatic heterocycles. The zero-order valence-electron chi connectivity index (χ0n) is 8.56. The number of nitrogens with two attached hydrogens (primary N) is 2. The van der Waals surface area contributed by atoms with E-state index in [-0.39, 0.29) is 6.42 Å². The summed E-state index contributed by atoms with van der Waals surface area (Å²) in [5.41, 5.74) is 10.1. The van der Waals surface area contributed by atoms with Crippen LogP contribution in [0.15, 0.2) is 0 Å². The molecule has 0 aliphatic carbocycles. The average Bonchev–Trinajstić information content (AvgIpc) is 2.01. The van der Waals surface area contributed by atoms with Gasteiger partial charge in [0.1, 0.15) is 0 Å². The summed E-state index contributed by atoms with van der Waals surface area (Å²) in [6, 6.07) is -1.24. The molecular weight excluding hydrogens is 222 g/mol. The van der Waals surface area contributed by atoms with Crippen molar-refractivity contribution in [2.45, 2.75) is 31.6 Å². The van der Waals surface area contributed by atoms with Crippen LogP contribution in [-0.2, 0) is 19.6 Å². The van der Waals surface area contributed by atoms with Crippen molar-refractivity contribution in [1.82, 2.24) is 4.72 Å². The lowest BCUT2D eigenvalue weighted by atomic mass is 10.2. The van der Waals surface area contributed by atoms with Crippen LogP contribution >= 0.6 is 0 Å². The van der Waals surface area contributed by atoms with Gasteiger partial charge < -0.3 is 11.5 Å². The second kappa shape index (κ2) is 5.08. The summed E-state index contributed by atoms with van der Waals surface area (Å²) in [6.45, 7) is 2.82. The van der Waals surface area contributed by atoms with Crippen LogP contribution in [0.4, 0.5) is 0 Å². The van der Waals surface area contributed by atoms with Gasteiger partial charge in [-0.25, -0.2) is 8.42 Å². The summed E-state index contributed by atoms with van der Waals surface area (Å²) in [5, 5.41) is -0.748. The molecule has 88 valence electrons. The summed E-state index contributed by atoms with van der Waals surface area (Å²) in [6.07, 6.45) is -0.389. The summed E-state index contributed by atoms with van der Waals surface area (Å²) in [5.74, 6) is -1.69. The SMILES string of the molecule is CC(C)S(=O)(=O)NC(=O)C(N)CC(N)=O. The predicted octanol–water partition coefficient (Wildman–Crippen LogP) is -1.96. The minimum absolute atomic E-state index is 0.389. The van der Waals surface area contributed by atoms with Gasteiger partial charge in [-0.1, -0.05) is 0 Å². The van der Waals surface area contributed by atoms with E-state index in [1.807, 2.05) is 0 Å². The van der Waals surface area contributed by atoms with Gasteiger partial charge in [0.05, 0.1) is 17.7 Å². The molecule has 0 bridgehead atoms. The topological polar surface area (TPSA) is 132 Å². The Hall–Kier alpha value is -1.15. The molecule has 7 nitrogen and oxygen atoms in total. The third-order valence-corrected chi connectivity index (χ3v) is 3.35. The molecule has 0 heterocycles. The van der Waals surface area contributed by atoms with E-state index in [1.54, 1.807) is 4.72 Å². The number of carbonyl (C=O) groups is 2. The third-order valence-electron chi connectivity index (χ3n) is 1.62. The van der Waals surface area contributed by atoms with E-state index in [1.165, 1.54) is 13.8 Å². The van der Waals surface area contributed by atoms with E-state index in [9.17, 15) is 18.0 Å². The van der Waals surface area contributed by atoms with Crippen molar-refractivity contribution in [1.29, 1.82) is 0 Å². The Balaban J connectivity index is 4.44. The lowest BCUT2D eigenvalue weighted by Gasteiger charge is -2.12. The molecule has 0 saturated heterocycles. The molecule has 0 radical (unpaired) electrons. The molecule has 0 aromatic carbocycles. The third kappa shape index (κ3) is 4.75. The number of hydrogen-bond donors (Lipinski definition) is 3. The standard InChI is InChI=1S/C7H15N3O4S/c1-4(2)15(13,14)10-7(12)5(8)3-6(9)11/h4-5H,3,8H2,1-2H3,(H2,9,11)(H,10,12). The molecule has 0 spiro atoms. The first kappa shape index (κ1) is 13.8. The quantitative estimate of drug-likeness (QED) is 0.511. The van der Waals surface area contributed by atoms with Gasteiger partial charge in [-0.05, 0) is 13.8 Å². The van der Waals surface area contributed by atoms with Crippen LogP contribution in [0.5, 0.6) is 0 Å². The Labute approximate surface area is 88.2 Å². The van der Waals surface area contributed by atoms with Gasteiger partial charge in [0.2, 0.25) is 15.9 Å². The maximum Gasteiger partial charge on any atom is 0.250 e. The number of sulfonamides is 1. The number of rotatable bonds is 5. The molecule has 1 unspecified atom stereocenters. The zero-order chi connectivity index (χ0) is 12.2. The molecule has 5 N–H and O–H groups in total. The second-order valence-corrected chi connectivity index (χ2v) is 5.57. The van der Waals surface area contributed by atoms with Crippen molar-refractivity contribution >= 4 is 21.8 Å². The summed E-state index contributed by atoms with van der Waals surface area (Å²) in [7, 11) is -3.71. The van der Waals surface area contributed by atoms with Crippen molar-refractivity contribution in [2.75, 3.05) is 0 Å². The molecule has 0 aromatic heterocycles. The van der Waals surface area contributed by atoms with Gasteiger partial charge in [0.15, 0.2) is 0 Å². The molecular formula is C7H15N3O4S. The first-order valence-electron chi connectivity index (χ1n) is 4.26. The maximum atomic E-state index is 11.2. The highest BCUT2D eigenvalue weighted by Gasteiger charge is 2.23. The van der Waals surface area contributed by atoms with Gasteiger partial charge >= 0.3 is 0 Å². The molecule has 1 atom stereocenters. The van der Waals surface area contributed by atoms with Crippen LogP contribution in [-0.4, -0.2) is 31.5 Å². The number of nitrogens with one attached hydrogen (secondary N) is 1. The molecule has 0 aliphatic rings. The van der Waals surface area contributed by atoms with E-state index in [0.29, 0.717) is 0 Å². The monoisotopic (exact) mass is 237 g/mol. The van der Waals surface area contributed by atoms with Gasteiger partial charge in [-0.15, -0.1) is 0 Å².